The fourth-order valence-electron chi connectivity index (χ4n) is 3.18. The summed E-state index contributed by atoms with van der Waals surface area (Å²) in [7, 11) is 0. The fraction of sp³-hybridized carbons (Fsp3) is 0.227. The zero-order valence-corrected chi connectivity index (χ0v) is 16.8. The summed E-state index contributed by atoms with van der Waals surface area (Å²) in [5.74, 6) is 0.0686. The van der Waals surface area contributed by atoms with Gasteiger partial charge >= 0.3 is 11.7 Å². The molecule has 0 bridgehead atoms. The number of aryl methyl sites for hydroxylation is 1. The van der Waals surface area contributed by atoms with Crippen molar-refractivity contribution in [2.45, 2.75) is 13.3 Å². The third-order valence-electron chi connectivity index (χ3n) is 4.69. The molecular weight excluding hydrogens is 402 g/mol. The second-order valence-corrected chi connectivity index (χ2v) is 6.95. The van der Waals surface area contributed by atoms with E-state index in [1.54, 1.807) is 43.5 Å². The number of ether oxygens (including phenoxy) is 3. The van der Waals surface area contributed by atoms with Gasteiger partial charge in [0.1, 0.15) is 0 Å². The van der Waals surface area contributed by atoms with Crippen LogP contribution in [0.25, 0.3) is 5.69 Å². The molecule has 0 aliphatic carbocycles. The fourth-order valence-corrected chi connectivity index (χ4v) is 3.18. The zero-order chi connectivity index (χ0) is 21.8. The second kappa shape index (κ2) is 8.78. The van der Waals surface area contributed by atoms with E-state index in [-0.39, 0.29) is 11.3 Å². The molecule has 3 aromatic rings. The molecule has 0 atom stereocenters. The van der Waals surface area contributed by atoms with E-state index in [0.717, 1.165) is 12.1 Å². The lowest BCUT2D eigenvalue weighted by Crippen LogP contribution is -2.21. The van der Waals surface area contributed by atoms with Crippen LogP contribution in [0.1, 0.15) is 22.5 Å². The molecule has 31 heavy (non-hydrogen) atoms. The van der Waals surface area contributed by atoms with Gasteiger partial charge in [-0.2, -0.15) is 0 Å². The highest BCUT2D eigenvalue weighted by Gasteiger charge is 2.14. The van der Waals surface area contributed by atoms with Crippen LogP contribution in [0.4, 0.5) is 5.69 Å². The number of carbonyl (C=O) groups excluding carboxylic acids is 2. The van der Waals surface area contributed by atoms with Gasteiger partial charge in [0.2, 0.25) is 0 Å². The Labute approximate surface area is 177 Å². The first-order chi connectivity index (χ1) is 15.0. The van der Waals surface area contributed by atoms with Crippen LogP contribution < -0.4 is 20.5 Å². The molecule has 9 nitrogen and oxygen atoms in total. The van der Waals surface area contributed by atoms with Crippen molar-refractivity contribution >= 4 is 17.6 Å². The van der Waals surface area contributed by atoms with Crippen molar-refractivity contribution in [3.63, 3.8) is 0 Å². The number of amides is 1. The van der Waals surface area contributed by atoms with Crippen molar-refractivity contribution < 1.29 is 23.8 Å². The minimum Gasteiger partial charge on any atom is -0.490 e. The van der Waals surface area contributed by atoms with Crippen molar-refractivity contribution in [3.8, 4) is 17.2 Å². The van der Waals surface area contributed by atoms with E-state index in [0.29, 0.717) is 36.1 Å². The van der Waals surface area contributed by atoms with Gasteiger partial charge < -0.3 is 24.5 Å². The lowest BCUT2D eigenvalue weighted by atomic mass is 10.2. The van der Waals surface area contributed by atoms with Crippen molar-refractivity contribution in [1.82, 2.24) is 9.55 Å². The lowest BCUT2D eigenvalue weighted by Gasteiger charge is -2.11. The first-order valence-electron chi connectivity index (χ1n) is 9.75. The molecule has 9 heteroatoms. The highest BCUT2D eigenvalue weighted by Crippen LogP contribution is 2.32. The Kier molecular flexibility index (Phi) is 5.74. The van der Waals surface area contributed by atoms with E-state index < -0.39 is 18.5 Å². The van der Waals surface area contributed by atoms with E-state index in [1.165, 1.54) is 16.7 Å². The minimum atomic E-state index is -0.640. The van der Waals surface area contributed by atoms with Crippen molar-refractivity contribution in [1.29, 1.82) is 0 Å². The molecule has 4 rings (SSSR count). The van der Waals surface area contributed by atoms with E-state index in [9.17, 15) is 14.4 Å². The molecule has 0 spiro atoms. The first-order valence-corrected chi connectivity index (χ1v) is 9.75. The van der Waals surface area contributed by atoms with E-state index in [4.69, 9.17) is 14.2 Å². The van der Waals surface area contributed by atoms with Crippen LogP contribution in [0.15, 0.2) is 53.5 Å². The Balaban J connectivity index is 1.34. The first kappa shape index (κ1) is 20.3. The van der Waals surface area contributed by atoms with E-state index in [1.807, 2.05) is 0 Å². The number of anilines is 1. The van der Waals surface area contributed by atoms with Gasteiger partial charge in [0.25, 0.3) is 5.91 Å². The summed E-state index contributed by atoms with van der Waals surface area (Å²) >= 11 is 0. The van der Waals surface area contributed by atoms with Gasteiger partial charge in [-0.05, 0) is 43.3 Å². The number of nitrogens with one attached hydrogen (secondary N) is 2. The number of aromatic nitrogens is 2. The smallest absolute Gasteiger partial charge is 0.338 e. The summed E-state index contributed by atoms with van der Waals surface area (Å²) in [6.07, 6.45) is 2.39. The number of fused-ring (bicyclic) bond motifs is 1. The summed E-state index contributed by atoms with van der Waals surface area (Å²) in [6.45, 7) is 2.48. The Morgan fingerprint density at radius 1 is 1.10 bits per heavy atom. The molecule has 2 N–H and O–H groups in total. The SMILES string of the molecule is Cc1c[nH]c(=O)n1-c1ccc(C(=O)OCC(=O)Nc2ccc3c(c2)OCCCO3)cc1. The number of H-pyrrole nitrogens is 1. The number of benzene rings is 2. The third-order valence-corrected chi connectivity index (χ3v) is 4.69. The molecule has 0 fully saturated rings. The Morgan fingerprint density at radius 2 is 1.84 bits per heavy atom. The number of carbonyl (C=O) groups is 2. The molecule has 0 unspecified atom stereocenters. The highest BCUT2D eigenvalue weighted by atomic mass is 16.5. The average molecular weight is 423 g/mol. The molecule has 2 heterocycles. The number of nitrogens with zero attached hydrogens (tertiary/aromatic N) is 1. The summed E-state index contributed by atoms with van der Waals surface area (Å²) in [6, 6.07) is 11.4. The average Bonchev–Trinajstić information content (AvgIpc) is 2.96. The van der Waals surface area contributed by atoms with Gasteiger partial charge in [0.05, 0.1) is 24.5 Å². The quantitative estimate of drug-likeness (QED) is 0.610. The molecule has 0 radical (unpaired) electrons. The molecule has 1 amide bonds. The van der Waals surface area contributed by atoms with Gasteiger partial charge in [0, 0.05) is 30.1 Å². The van der Waals surface area contributed by atoms with Crippen LogP contribution in [0.2, 0.25) is 0 Å². The van der Waals surface area contributed by atoms with Crippen LogP contribution in [0.3, 0.4) is 0 Å². The third kappa shape index (κ3) is 4.61. The molecule has 160 valence electrons. The Morgan fingerprint density at radius 3 is 2.55 bits per heavy atom. The molecule has 0 saturated heterocycles. The van der Waals surface area contributed by atoms with E-state index >= 15 is 0 Å². The van der Waals surface area contributed by atoms with Crippen molar-refractivity contribution in [2.75, 3.05) is 25.1 Å². The maximum Gasteiger partial charge on any atom is 0.338 e. The molecule has 1 aromatic heterocycles. The van der Waals surface area contributed by atoms with E-state index in [2.05, 4.69) is 10.3 Å². The molecule has 0 saturated carbocycles. The Bertz CT molecular complexity index is 1160. The summed E-state index contributed by atoms with van der Waals surface area (Å²) in [4.78, 5) is 38.9. The van der Waals surface area contributed by atoms with Crippen molar-refractivity contribution in [3.05, 3.63) is 70.4 Å². The second-order valence-electron chi connectivity index (χ2n) is 6.95. The van der Waals surface area contributed by atoms with Gasteiger partial charge in [-0.1, -0.05) is 0 Å². The number of rotatable bonds is 5. The Hall–Kier alpha value is -4.01. The van der Waals surface area contributed by atoms with Crippen LogP contribution in [0.5, 0.6) is 11.5 Å². The number of imidazole rings is 1. The minimum absolute atomic E-state index is 0.265. The topological polar surface area (TPSA) is 112 Å². The number of hydrogen-bond acceptors (Lipinski definition) is 6. The summed E-state index contributed by atoms with van der Waals surface area (Å²) in [5, 5.41) is 2.67. The molecule has 2 aromatic carbocycles. The maximum atomic E-state index is 12.2. The van der Waals surface area contributed by atoms with Crippen molar-refractivity contribution in [2.24, 2.45) is 0 Å². The van der Waals surface area contributed by atoms with Gasteiger partial charge in [0.15, 0.2) is 18.1 Å². The molecule has 1 aliphatic rings. The normalized spacial score (nSPS) is 12.7. The standard InChI is InChI=1S/C22H21N3O6/c1-14-12-23-22(28)25(14)17-6-3-15(4-7-17)21(27)31-13-20(26)24-16-5-8-18-19(11-16)30-10-2-9-29-18/h3-8,11-12H,2,9-10,13H2,1H3,(H,23,28)(H,24,26). The van der Waals surface area contributed by atoms with Crippen LogP contribution in [-0.2, 0) is 9.53 Å². The van der Waals surface area contributed by atoms with Gasteiger partial charge in [-0.3, -0.25) is 9.36 Å². The van der Waals surface area contributed by atoms with Gasteiger partial charge in [-0.25, -0.2) is 9.59 Å². The maximum absolute atomic E-state index is 12.2. The lowest BCUT2D eigenvalue weighted by molar-refractivity contribution is -0.119. The summed E-state index contributed by atoms with van der Waals surface area (Å²) in [5.41, 5.74) is 1.88. The molecular formula is C22H21N3O6. The van der Waals surface area contributed by atoms with Crippen LogP contribution >= 0.6 is 0 Å². The summed E-state index contributed by atoms with van der Waals surface area (Å²) < 4.78 is 17.7. The number of aromatic amines is 1. The zero-order valence-electron chi connectivity index (χ0n) is 16.8. The van der Waals surface area contributed by atoms with Crippen LogP contribution in [0, 0.1) is 6.92 Å². The highest BCUT2D eigenvalue weighted by molar-refractivity contribution is 5.95. The largest absolute Gasteiger partial charge is 0.490 e. The number of esters is 1. The van der Waals surface area contributed by atoms with Crippen LogP contribution in [-0.4, -0.2) is 41.2 Å². The monoisotopic (exact) mass is 423 g/mol. The predicted octanol–water partition coefficient (Wildman–Crippen LogP) is 2.43. The van der Waals surface area contributed by atoms with Gasteiger partial charge in [-0.15, -0.1) is 0 Å². The predicted molar refractivity (Wildman–Crippen MR) is 112 cm³/mol. The number of hydrogen-bond donors (Lipinski definition) is 2. The molecule has 1 aliphatic heterocycles.